The smallest absolute Gasteiger partial charge is 0.139 e. The van der Waals surface area contributed by atoms with Gasteiger partial charge in [0, 0.05) is 11.8 Å². The van der Waals surface area contributed by atoms with E-state index in [-0.39, 0.29) is 0 Å². The van der Waals surface area contributed by atoms with Crippen LogP contribution in [0.4, 0.5) is 0 Å². The highest BCUT2D eigenvalue weighted by Gasteiger charge is 2.29. The number of rotatable bonds is 2. The Labute approximate surface area is 62.1 Å². The minimum Gasteiger partial charge on any atom is -0.299 e. The molecular weight excluding hydrogens is 124 g/mol. The zero-order valence-corrected chi connectivity index (χ0v) is 6.47. The topological polar surface area (TPSA) is 17.1 Å². The van der Waals surface area contributed by atoms with Crippen LogP contribution in [0.1, 0.15) is 26.2 Å². The minimum absolute atomic E-state index is 0.299. The zero-order chi connectivity index (χ0) is 7.56. The molecule has 1 nitrogen and oxygen atoms in total. The number of carbonyl (C=O) groups excluding carboxylic acids is 1. The van der Waals surface area contributed by atoms with Crippen LogP contribution in [0.15, 0.2) is 12.7 Å². The van der Waals surface area contributed by atoms with Gasteiger partial charge in [0.1, 0.15) is 5.78 Å². The van der Waals surface area contributed by atoms with Crippen LogP contribution in [0.5, 0.6) is 0 Å². The summed E-state index contributed by atoms with van der Waals surface area (Å²) >= 11 is 0. The predicted molar refractivity (Wildman–Crippen MR) is 41.7 cm³/mol. The molecule has 1 saturated carbocycles. The minimum atomic E-state index is 0.299. The lowest BCUT2D eigenvalue weighted by Gasteiger charge is -2.02. The van der Waals surface area contributed by atoms with Crippen LogP contribution in [0.3, 0.4) is 0 Å². The molecule has 56 valence electrons. The van der Waals surface area contributed by atoms with Gasteiger partial charge in [-0.2, -0.15) is 0 Å². The summed E-state index contributed by atoms with van der Waals surface area (Å²) < 4.78 is 0. The molecule has 0 aromatic carbocycles. The fourth-order valence-electron chi connectivity index (χ4n) is 1.57. The summed E-state index contributed by atoms with van der Waals surface area (Å²) in [6.07, 6.45) is 4.88. The number of carbonyl (C=O) groups is 1. The Balaban J connectivity index is 2.48. The van der Waals surface area contributed by atoms with E-state index >= 15 is 0 Å². The molecule has 0 saturated heterocycles. The van der Waals surface area contributed by atoms with Gasteiger partial charge in [-0.15, -0.1) is 6.58 Å². The van der Waals surface area contributed by atoms with E-state index in [0.717, 1.165) is 19.3 Å². The van der Waals surface area contributed by atoms with E-state index in [1.807, 2.05) is 13.0 Å². The average Bonchev–Trinajstić information content (AvgIpc) is 2.20. The Kier molecular flexibility index (Phi) is 2.25. The fraction of sp³-hybridized carbons (Fsp3) is 0.667. The number of hydrogen-bond donors (Lipinski definition) is 0. The summed E-state index contributed by atoms with van der Waals surface area (Å²) in [5.74, 6) is 1.05. The van der Waals surface area contributed by atoms with Gasteiger partial charge < -0.3 is 0 Å². The van der Waals surface area contributed by atoms with Gasteiger partial charge in [0.2, 0.25) is 0 Å². The maximum absolute atomic E-state index is 11.2. The second-order valence-electron chi connectivity index (χ2n) is 3.10. The van der Waals surface area contributed by atoms with E-state index in [4.69, 9.17) is 0 Å². The third-order valence-corrected chi connectivity index (χ3v) is 2.29. The van der Waals surface area contributed by atoms with Crippen molar-refractivity contribution in [1.82, 2.24) is 0 Å². The first-order valence-electron chi connectivity index (χ1n) is 3.90. The molecule has 0 amide bonds. The standard InChI is InChI=1S/C9H14O/c1-3-4-8-6-5-7(2)9(8)10/h3,7-8H,1,4-6H2,2H3. The molecule has 1 aliphatic rings. The second kappa shape index (κ2) is 3.00. The van der Waals surface area contributed by atoms with Crippen molar-refractivity contribution in [2.45, 2.75) is 26.2 Å². The molecule has 2 unspecified atom stereocenters. The fourth-order valence-corrected chi connectivity index (χ4v) is 1.57. The third-order valence-electron chi connectivity index (χ3n) is 2.29. The summed E-state index contributed by atoms with van der Waals surface area (Å²) in [7, 11) is 0. The maximum atomic E-state index is 11.2. The molecule has 0 heterocycles. The molecule has 0 spiro atoms. The highest BCUT2D eigenvalue weighted by molar-refractivity contribution is 5.85. The second-order valence-corrected chi connectivity index (χ2v) is 3.10. The summed E-state index contributed by atoms with van der Waals surface area (Å²) in [6.45, 7) is 5.65. The predicted octanol–water partition coefficient (Wildman–Crippen LogP) is 2.18. The van der Waals surface area contributed by atoms with Crippen LogP contribution in [-0.2, 0) is 4.79 Å². The summed E-state index contributed by atoms with van der Waals surface area (Å²) in [4.78, 5) is 11.2. The van der Waals surface area contributed by atoms with Crippen LogP contribution in [0.25, 0.3) is 0 Å². The van der Waals surface area contributed by atoms with Crippen LogP contribution in [0.2, 0.25) is 0 Å². The van der Waals surface area contributed by atoms with E-state index < -0.39 is 0 Å². The third kappa shape index (κ3) is 1.28. The monoisotopic (exact) mass is 138 g/mol. The molecule has 1 heteroatoms. The van der Waals surface area contributed by atoms with E-state index in [1.54, 1.807) is 0 Å². The van der Waals surface area contributed by atoms with E-state index in [9.17, 15) is 4.79 Å². The van der Waals surface area contributed by atoms with Gasteiger partial charge >= 0.3 is 0 Å². The highest BCUT2D eigenvalue weighted by atomic mass is 16.1. The normalized spacial score (nSPS) is 32.7. The Morgan fingerprint density at radius 1 is 1.70 bits per heavy atom. The quantitative estimate of drug-likeness (QED) is 0.534. The molecule has 2 atom stereocenters. The lowest BCUT2D eigenvalue weighted by atomic mass is 10.0. The number of ketones is 1. The van der Waals surface area contributed by atoms with Gasteiger partial charge in [-0.3, -0.25) is 4.79 Å². The van der Waals surface area contributed by atoms with Gasteiger partial charge in [0.05, 0.1) is 0 Å². The number of Topliss-reactive ketones (excluding diaryl/α,β-unsaturated/α-hetero) is 1. The van der Waals surface area contributed by atoms with Crippen molar-refractivity contribution in [3.8, 4) is 0 Å². The van der Waals surface area contributed by atoms with E-state index in [0.29, 0.717) is 17.6 Å². The Morgan fingerprint density at radius 2 is 2.40 bits per heavy atom. The first-order valence-corrected chi connectivity index (χ1v) is 3.90. The zero-order valence-electron chi connectivity index (χ0n) is 6.47. The first kappa shape index (κ1) is 7.52. The van der Waals surface area contributed by atoms with E-state index in [1.165, 1.54) is 0 Å². The summed E-state index contributed by atoms with van der Waals surface area (Å²) in [6, 6.07) is 0. The number of hydrogen-bond acceptors (Lipinski definition) is 1. The van der Waals surface area contributed by atoms with Crippen molar-refractivity contribution >= 4 is 5.78 Å². The largest absolute Gasteiger partial charge is 0.299 e. The SMILES string of the molecule is C=CCC1CCC(C)C1=O. The molecule has 10 heavy (non-hydrogen) atoms. The van der Waals surface area contributed by atoms with Crippen LogP contribution >= 0.6 is 0 Å². The Hall–Kier alpha value is -0.590. The van der Waals surface area contributed by atoms with Crippen molar-refractivity contribution in [2.24, 2.45) is 11.8 Å². The first-order chi connectivity index (χ1) is 4.75. The lowest BCUT2D eigenvalue weighted by Crippen LogP contribution is -2.10. The summed E-state index contributed by atoms with van der Waals surface area (Å²) in [5, 5.41) is 0. The van der Waals surface area contributed by atoms with Crippen molar-refractivity contribution in [3.05, 3.63) is 12.7 Å². The molecule has 1 aliphatic carbocycles. The van der Waals surface area contributed by atoms with Crippen LogP contribution in [0, 0.1) is 11.8 Å². The van der Waals surface area contributed by atoms with Gasteiger partial charge in [0.15, 0.2) is 0 Å². The molecule has 0 aliphatic heterocycles. The molecule has 0 bridgehead atoms. The van der Waals surface area contributed by atoms with E-state index in [2.05, 4.69) is 6.58 Å². The van der Waals surface area contributed by atoms with Crippen LogP contribution in [-0.4, -0.2) is 5.78 Å². The van der Waals surface area contributed by atoms with Gasteiger partial charge in [-0.05, 0) is 19.3 Å². The average molecular weight is 138 g/mol. The lowest BCUT2D eigenvalue weighted by molar-refractivity contribution is -0.123. The molecule has 0 aromatic rings. The Morgan fingerprint density at radius 3 is 2.80 bits per heavy atom. The van der Waals surface area contributed by atoms with Crippen LogP contribution < -0.4 is 0 Å². The van der Waals surface area contributed by atoms with Gasteiger partial charge in [-0.1, -0.05) is 13.0 Å². The Bertz CT molecular complexity index is 149. The highest BCUT2D eigenvalue weighted by Crippen LogP contribution is 2.28. The van der Waals surface area contributed by atoms with Gasteiger partial charge in [0.25, 0.3) is 0 Å². The van der Waals surface area contributed by atoms with Crippen molar-refractivity contribution in [3.63, 3.8) is 0 Å². The van der Waals surface area contributed by atoms with Gasteiger partial charge in [-0.25, -0.2) is 0 Å². The van der Waals surface area contributed by atoms with Crippen molar-refractivity contribution < 1.29 is 4.79 Å². The molecule has 1 fully saturated rings. The summed E-state index contributed by atoms with van der Waals surface area (Å²) in [5.41, 5.74) is 0. The maximum Gasteiger partial charge on any atom is 0.139 e. The molecule has 0 N–H and O–H groups in total. The number of allylic oxidation sites excluding steroid dienone is 1. The molecule has 0 aromatic heterocycles. The molecular formula is C9H14O. The van der Waals surface area contributed by atoms with Crippen molar-refractivity contribution in [2.75, 3.05) is 0 Å². The molecule has 1 rings (SSSR count). The van der Waals surface area contributed by atoms with Crippen molar-refractivity contribution in [1.29, 1.82) is 0 Å². The molecule has 0 radical (unpaired) electrons.